The maximum atomic E-state index is 12.4. The van der Waals surface area contributed by atoms with E-state index in [9.17, 15) is 32.7 Å². The Morgan fingerprint density at radius 1 is 0.886 bits per heavy atom. The number of carbonyl (C=O) groups is 3. The fraction of sp³-hybridized carbons (Fsp3) is 0.875. The van der Waals surface area contributed by atoms with Crippen LogP contribution in [0.3, 0.4) is 0 Å². The third-order valence-corrected chi connectivity index (χ3v) is 5.71. The number of hydrogen-bond donors (Lipinski definition) is 1. The molecule has 1 N–H and O–H groups in total. The van der Waals surface area contributed by atoms with Crippen LogP contribution in [-0.2, 0) is 28.6 Å². The number of likely N-dealkylation sites (tertiary alicyclic amines) is 1. The lowest BCUT2D eigenvalue weighted by Crippen LogP contribution is -2.64. The van der Waals surface area contributed by atoms with Crippen molar-refractivity contribution in [3.8, 4) is 0 Å². The van der Waals surface area contributed by atoms with Gasteiger partial charge in [-0.05, 0) is 38.6 Å². The number of hydrogen-bond acceptors (Lipinski definition) is 8. The van der Waals surface area contributed by atoms with Crippen molar-refractivity contribution in [2.75, 3.05) is 19.7 Å². The van der Waals surface area contributed by atoms with Crippen LogP contribution in [-0.4, -0.2) is 78.1 Å². The van der Waals surface area contributed by atoms with E-state index in [0.29, 0.717) is 38.6 Å². The van der Waals surface area contributed by atoms with E-state index in [0.717, 1.165) is 0 Å². The van der Waals surface area contributed by atoms with E-state index < -0.39 is 54.9 Å². The fourth-order valence-corrected chi connectivity index (χ4v) is 3.95. The second kappa shape index (κ2) is 16.0. The summed E-state index contributed by atoms with van der Waals surface area (Å²) < 4.78 is 53.7. The molecule has 1 rings (SSSR count). The van der Waals surface area contributed by atoms with Gasteiger partial charge in [0.25, 0.3) is 0 Å². The lowest BCUT2D eigenvalue weighted by molar-refractivity contribution is -0.200. The first-order valence-corrected chi connectivity index (χ1v) is 12.6. The lowest BCUT2D eigenvalue weighted by atomic mass is 9.93. The van der Waals surface area contributed by atoms with E-state index in [1.54, 1.807) is 11.8 Å². The van der Waals surface area contributed by atoms with Crippen molar-refractivity contribution in [1.29, 1.82) is 0 Å². The number of aliphatic hydroxyl groups excluding tert-OH is 1. The molecule has 1 aliphatic rings. The third kappa shape index (κ3) is 12.1. The van der Waals surface area contributed by atoms with Crippen LogP contribution in [0.25, 0.3) is 0 Å². The highest BCUT2D eigenvalue weighted by Crippen LogP contribution is 2.27. The monoisotopic (exact) mass is 511 g/mol. The summed E-state index contributed by atoms with van der Waals surface area (Å²) in [6.07, 6.45) is -5.70. The summed E-state index contributed by atoms with van der Waals surface area (Å²) in [5.41, 5.74) is 0. The first-order chi connectivity index (χ1) is 16.5. The fourth-order valence-electron chi connectivity index (χ4n) is 3.95. The van der Waals surface area contributed by atoms with Crippen LogP contribution in [0.2, 0.25) is 0 Å². The van der Waals surface area contributed by atoms with Crippen molar-refractivity contribution in [1.82, 2.24) is 4.90 Å². The molecule has 0 aromatic rings. The normalized spacial score (nSPS) is 23.1. The van der Waals surface area contributed by atoms with Crippen molar-refractivity contribution < 1.29 is 46.9 Å². The van der Waals surface area contributed by atoms with E-state index in [1.807, 2.05) is 13.8 Å². The van der Waals surface area contributed by atoms with Gasteiger partial charge in [-0.2, -0.15) is 13.2 Å². The quantitative estimate of drug-likeness (QED) is 0.201. The van der Waals surface area contributed by atoms with Crippen LogP contribution in [0.5, 0.6) is 0 Å². The molecule has 1 aliphatic heterocycles. The van der Waals surface area contributed by atoms with Gasteiger partial charge in [0.1, 0.15) is 12.7 Å². The second-order valence-corrected chi connectivity index (χ2v) is 8.89. The summed E-state index contributed by atoms with van der Waals surface area (Å²) in [6, 6.07) is -0.765. The van der Waals surface area contributed by atoms with Gasteiger partial charge in [0.05, 0.1) is 6.04 Å². The number of alkyl halides is 3. The van der Waals surface area contributed by atoms with E-state index >= 15 is 0 Å². The minimum atomic E-state index is -4.22. The molecule has 0 aliphatic carbocycles. The Morgan fingerprint density at radius 3 is 2.03 bits per heavy atom. The van der Waals surface area contributed by atoms with Gasteiger partial charge in [-0.1, -0.05) is 27.2 Å². The molecule has 0 amide bonds. The number of aliphatic hydroxyl groups is 1. The molecular weight excluding hydrogens is 471 g/mol. The van der Waals surface area contributed by atoms with Crippen molar-refractivity contribution >= 4 is 17.9 Å². The molecule has 204 valence electrons. The number of rotatable bonds is 15. The zero-order valence-electron chi connectivity index (χ0n) is 21.0. The molecule has 0 bridgehead atoms. The Balaban J connectivity index is 3.01. The molecule has 0 saturated carbocycles. The van der Waals surface area contributed by atoms with Crippen molar-refractivity contribution in [3.63, 3.8) is 0 Å². The minimum Gasteiger partial charge on any atom is -0.464 e. The van der Waals surface area contributed by atoms with Crippen molar-refractivity contribution in [2.45, 2.75) is 116 Å². The third-order valence-electron chi connectivity index (χ3n) is 5.71. The summed E-state index contributed by atoms with van der Waals surface area (Å²) in [6.45, 7) is 5.63. The van der Waals surface area contributed by atoms with Gasteiger partial charge in [0.2, 0.25) is 0 Å². The first kappa shape index (κ1) is 31.2. The largest absolute Gasteiger partial charge is 0.464 e. The Hall–Kier alpha value is -1.88. The molecule has 0 aromatic carbocycles. The zero-order valence-corrected chi connectivity index (χ0v) is 21.0. The summed E-state index contributed by atoms with van der Waals surface area (Å²) >= 11 is 0. The molecule has 0 aromatic heterocycles. The van der Waals surface area contributed by atoms with Gasteiger partial charge in [-0.3, -0.25) is 19.3 Å². The SMILES string of the molecule is CCCC(=O)OC[C@@H]1[C@@H](O)[C@H](OC(=O)CCC)[C@@H](OC(=O)CCC)CN1CCCCCC(F)(F)F. The van der Waals surface area contributed by atoms with E-state index in [-0.39, 0.29) is 38.8 Å². The maximum absolute atomic E-state index is 12.4. The molecule has 0 unspecified atom stereocenters. The minimum absolute atomic E-state index is 0.0256. The second-order valence-electron chi connectivity index (χ2n) is 8.89. The molecule has 4 atom stereocenters. The Labute approximate surface area is 205 Å². The van der Waals surface area contributed by atoms with Gasteiger partial charge < -0.3 is 19.3 Å². The number of carbonyl (C=O) groups excluding carboxylic acids is 3. The van der Waals surface area contributed by atoms with E-state index in [4.69, 9.17) is 14.2 Å². The summed E-state index contributed by atoms with van der Waals surface area (Å²) in [5.74, 6) is -1.49. The number of nitrogens with zero attached hydrogens (tertiary/aromatic N) is 1. The van der Waals surface area contributed by atoms with Crippen LogP contribution in [0, 0.1) is 0 Å². The van der Waals surface area contributed by atoms with Crippen LogP contribution >= 0.6 is 0 Å². The molecule has 35 heavy (non-hydrogen) atoms. The Kier molecular flexibility index (Phi) is 14.2. The van der Waals surface area contributed by atoms with E-state index in [2.05, 4.69) is 0 Å². The van der Waals surface area contributed by atoms with Crippen molar-refractivity contribution in [2.24, 2.45) is 0 Å². The van der Waals surface area contributed by atoms with Gasteiger partial charge >= 0.3 is 24.1 Å². The summed E-state index contributed by atoms with van der Waals surface area (Å²) in [7, 11) is 0. The Bertz CT molecular complexity index is 660. The summed E-state index contributed by atoms with van der Waals surface area (Å²) in [5, 5.41) is 11.1. The highest BCUT2D eigenvalue weighted by molar-refractivity contribution is 5.71. The van der Waals surface area contributed by atoms with E-state index in [1.165, 1.54) is 0 Å². The van der Waals surface area contributed by atoms with Crippen LogP contribution in [0.1, 0.15) is 85.0 Å². The molecule has 1 fully saturated rings. The molecule has 1 saturated heterocycles. The highest BCUT2D eigenvalue weighted by atomic mass is 19.4. The predicted molar refractivity (Wildman–Crippen MR) is 121 cm³/mol. The van der Waals surface area contributed by atoms with Gasteiger partial charge in [0.15, 0.2) is 12.2 Å². The standard InChI is InChI=1S/C24H40F3NO7/c1-4-10-19(29)33-16-17-22(32)23(35-21(31)12-6-3)18(34-20(30)11-5-2)15-28(17)14-9-7-8-13-24(25,26)27/h17-18,22-23,32H,4-16H2,1-3H3/t17-,18+,22-,23-/m1/s1. The average molecular weight is 512 g/mol. The number of esters is 3. The number of piperidine rings is 1. The molecule has 11 heteroatoms. The summed E-state index contributed by atoms with van der Waals surface area (Å²) in [4.78, 5) is 38.1. The first-order valence-electron chi connectivity index (χ1n) is 12.6. The lowest BCUT2D eigenvalue weighted by Gasteiger charge is -2.45. The number of unbranched alkanes of at least 4 members (excludes halogenated alkanes) is 2. The number of ether oxygens (including phenoxy) is 3. The smallest absolute Gasteiger partial charge is 0.389 e. The predicted octanol–water partition coefficient (Wildman–Crippen LogP) is 3.92. The highest BCUT2D eigenvalue weighted by Gasteiger charge is 2.47. The van der Waals surface area contributed by atoms with Crippen LogP contribution in [0.15, 0.2) is 0 Å². The van der Waals surface area contributed by atoms with Crippen LogP contribution < -0.4 is 0 Å². The van der Waals surface area contributed by atoms with Crippen LogP contribution in [0.4, 0.5) is 13.2 Å². The van der Waals surface area contributed by atoms with Gasteiger partial charge in [-0.15, -0.1) is 0 Å². The van der Waals surface area contributed by atoms with Gasteiger partial charge in [-0.25, -0.2) is 0 Å². The molecule has 0 spiro atoms. The maximum Gasteiger partial charge on any atom is 0.389 e. The molecule has 8 nitrogen and oxygen atoms in total. The Morgan fingerprint density at radius 2 is 1.46 bits per heavy atom. The van der Waals surface area contributed by atoms with Crippen molar-refractivity contribution in [3.05, 3.63) is 0 Å². The zero-order chi connectivity index (χ0) is 26.4. The molecule has 1 heterocycles. The topological polar surface area (TPSA) is 102 Å². The molecule has 0 radical (unpaired) electrons. The number of halogens is 3. The average Bonchev–Trinajstić information content (AvgIpc) is 2.75. The van der Waals surface area contributed by atoms with Gasteiger partial charge in [0, 0.05) is 32.2 Å². The molecular formula is C24H40F3NO7.